The Bertz CT molecular complexity index is 861. The zero-order valence-electron chi connectivity index (χ0n) is 18.2. The fourth-order valence-electron chi connectivity index (χ4n) is 4.80. The molecule has 1 aliphatic heterocycles. The molecule has 1 fully saturated rings. The summed E-state index contributed by atoms with van der Waals surface area (Å²) >= 11 is 0. The molecule has 0 bridgehead atoms. The lowest BCUT2D eigenvalue weighted by atomic mass is 9.95. The van der Waals surface area contributed by atoms with Crippen LogP contribution in [0.15, 0.2) is 42.5 Å². The highest BCUT2D eigenvalue weighted by atomic mass is 16.5. The zero-order chi connectivity index (χ0) is 20.9. The maximum absolute atomic E-state index is 11.5. The Hall–Kier alpha value is -2.33. The first-order valence-electron chi connectivity index (χ1n) is 11.4. The van der Waals surface area contributed by atoms with E-state index < -0.39 is 0 Å². The monoisotopic (exact) mass is 407 g/mol. The molecule has 1 aliphatic carbocycles. The molecule has 2 aromatic carbocycles. The summed E-state index contributed by atoms with van der Waals surface area (Å²) in [5.74, 6) is 1.55. The summed E-state index contributed by atoms with van der Waals surface area (Å²) in [6.07, 6.45) is 5.85. The highest BCUT2D eigenvalue weighted by Crippen LogP contribution is 2.36. The van der Waals surface area contributed by atoms with Gasteiger partial charge in [-0.1, -0.05) is 36.4 Å². The third-order valence-corrected chi connectivity index (χ3v) is 6.51. The topological polar surface area (TPSA) is 47.6 Å². The van der Waals surface area contributed by atoms with E-state index in [9.17, 15) is 4.79 Å². The Labute approximate surface area is 180 Å². The van der Waals surface area contributed by atoms with Crippen LogP contribution in [-0.2, 0) is 22.4 Å². The van der Waals surface area contributed by atoms with Gasteiger partial charge in [0.1, 0.15) is 5.75 Å². The Balaban J connectivity index is 1.28. The molecule has 1 N–H and O–H groups in total. The molecule has 4 heteroatoms. The number of hydrogen-bond donors (Lipinski definition) is 1. The summed E-state index contributed by atoms with van der Waals surface area (Å²) in [7, 11) is 0. The van der Waals surface area contributed by atoms with Crippen LogP contribution in [0.1, 0.15) is 73.7 Å². The van der Waals surface area contributed by atoms with Crippen molar-refractivity contribution in [3.8, 4) is 5.75 Å². The van der Waals surface area contributed by atoms with E-state index in [4.69, 9.17) is 9.47 Å². The van der Waals surface area contributed by atoms with E-state index in [2.05, 4.69) is 54.7 Å². The van der Waals surface area contributed by atoms with Gasteiger partial charge in [-0.25, -0.2) is 0 Å². The molecular weight excluding hydrogens is 374 g/mol. The SMILES string of the molecule is CCOC(=O)CCc1ccc([C@H]2CC[C@H](N[C@H](C)c3ccc4c(c3)CCO4)C2)cc1. The molecule has 160 valence electrons. The Morgan fingerprint density at radius 2 is 2.03 bits per heavy atom. The molecule has 0 unspecified atom stereocenters. The van der Waals surface area contributed by atoms with Crippen LogP contribution in [0, 0.1) is 0 Å². The number of carbonyl (C=O) groups excluding carboxylic acids is 1. The molecule has 0 saturated heterocycles. The van der Waals surface area contributed by atoms with E-state index in [1.807, 2.05) is 6.92 Å². The highest BCUT2D eigenvalue weighted by Gasteiger charge is 2.27. The average molecular weight is 408 g/mol. The predicted octanol–water partition coefficient (Wildman–Crippen LogP) is 5.10. The third-order valence-electron chi connectivity index (χ3n) is 6.51. The second-order valence-electron chi connectivity index (χ2n) is 8.61. The number of esters is 1. The predicted molar refractivity (Wildman–Crippen MR) is 119 cm³/mol. The minimum absolute atomic E-state index is 0.115. The molecule has 0 amide bonds. The van der Waals surface area contributed by atoms with E-state index in [0.29, 0.717) is 31.0 Å². The van der Waals surface area contributed by atoms with Gasteiger partial charge in [0.05, 0.1) is 13.2 Å². The molecule has 4 rings (SSSR count). The van der Waals surface area contributed by atoms with Crippen molar-refractivity contribution in [2.24, 2.45) is 0 Å². The summed E-state index contributed by atoms with van der Waals surface area (Å²) in [4.78, 5) is 11.5. The number of hydrogen-bond acceptors (Lipinski definition) is 4. The van der Waals surface area contributed by atoms with Crippen molar-refractivity contribution in [3.05, 3.63) is 64.7 Å². The number of fused-ring (bicyclic) bond motifs is 1. The molecule has 0 spiro atoms. The minimum atomic E-state index is -0.115. The molecule has 2 aliphatic rings. The Morgan fingerprint density at radius 1 is 1.20 bits per heavy atom. The van der Waals surface area contributed by atoms with Crippen molar-refractivity contribution < 1.29 is 14.3 Å². The smallest absolute Gasteiger partial charge is 0.306 e. The van der Waals surface area contributed by atoms with Gasteiger partial charge in [0.15, 0.2) is 0 Å². The van der Waals surface area contributed by atoms with Crippen LogP contribution in [0.4, 0.5) is 0 Å². The first kappa shape index (κ1) is 20.9. The largest absolute Gasteiger partial charge is 0.493 e. The van der Waals surface area contributed by atoms with Crippen LogP contribution in [0.5, 0.6) is 5.75 Å². The van der Waals surface area contributed by atoms with Gasteiger partial charge in [-0.05, 0) is 73.8 Å². The van der Waals surface area contributed by atoms with E-state index in [1.54, 1.807) is 0 Å². The number of ether oxygens (including phenoxy) is 2. The second-order valence-corrected chi connectivity index (χ2v) is 8.61. The molecular formula is C26H33NO3. The lowest BCUT2D eigenvalue weighted by Crippen LogP contribution is -2.29. The zero-order valence-corrected chi connectivity index (χ0v) is 18.2. The van der Waals surface area contributed by atoms with Gasteiger partial charge in [-0.3, -0.25) is 4.79 Å². The molecule has 3 atom stereocenters. The number of nitrogens with one attached hydrogen (secondary N) is 1. The van der Waals surface area contributed by atoms with E-state index in [0.717, 1.165) is 25.2 Å². The number of rotatable bonds is 8. The lowest BCUT2D eigenvalue weighted by molar-refractivity contribution is -0.143. The van der Waals surface area contributed by atoms with Crippen molar-refractivity contribution in [1.29, 1.82) is 0 Å². The van der Waals surface area contributed by atoms with Crippen molar-refractivity contribution in [3.63, 3.8) is 0 Å². The fraction of sp³-hybridized carbons (Fsp3) is 0.500. The maximum atomic E-state index is 11.5. The Morgan fingerprint density at radius 3 is 2.83 bits per heavy atom. The van der Waals surface area contributed by atoms with Gasteiger partial charge in [-0.15, -0.1) is 0 Å². The number of carbonyl (C=O) groups is 1. The second kappa shape index (κ2) is 9.65. The third kappa shape index (κ3) is 5.04. The van der Waals surface area contributed by atoms with Gasteiger partial charge in [-0.2, -0.15) is 0 Å². The van der Waals surface area contributed by atoms with Crippen molar-refractivity contribution in [2.45, 2.75) is 70.4 Å². The van der Waals surface area contributed by atoms with Crippen LogP contribution >= 0.6 is 0 Å². The summed E-state index contributed by atoms with van der Waals surface area (Å²) in [5, 5.41) is 3.85. The molecule has 4 nitrogen and oxygen atoms in total. The van der Waals surface area contributed by atoms with Gasteiger partial charge >= 0.3 is 5.97 Å². The number of aryl methyl sites for hydroxylation is 1. The quantitative estimate of drug-likeness (QED) is 0.618. The maximum Gasteiger partial charge on any atom is 0.306 e. The van der Waals surface area contributed by atoms with Crippen LogP contribution in [-0.4, -0.2) is 25.2 Å². The number of benzene rings is 2. The van der Waals surface area contributed by atoms with Gasteiger partial charge in [0, 0.05) is 24.9 Å². The first-order chi connectivity index (χ1) is 14.6. The summed E-state index contributed by atoms with van der Waals surface area (Å²) in [5.41, 5.74) is 5.32. The van der Waals surface area contributed by atoms with E-state index >= 15 is 0 Å². The molecule has 0 aromatic heterocycles. The Kier molecular flexibility index (Phi) is 6.73. The molecule has 1 saturated carbocycles. The van der Waals surface area contributed by atoms with Gasteiger partial charge in [0.25, 0.3) is 0 Å². The van der Waals surface area contributed by atoms with Crippen LogP contribution in [0.2, 0.25) is 0 Å². The molecule has 2 aromatic rings. The lowest BCUT2D eigenvalue weighted by Gasteiger charge is -2.21. The summed E-state index contributed by atoms with van der Waals surface area (Å²) < 4.78 is 10.6. The van der Waals surface area contributed by atoms with Crippen molar-refractivity contribution in [2.75, 3.05) is 13.2 Å². The van der Waals surface area contributed by atoms with Crippen LogP contribution in [0.3, 0.4) is 0 Å². The van der Waals surface area contributed by atoms with Crippen molar-refractivity contribution in [1.82, 2.24) is 5.32 Å². The van der Waals surface area contributed by atoms with Crippen LogP contribution in [0.25, 0.3) is 0 Å². The van der Waals surface area contributed by atoms with Crippen molar-refractivity contribution >= 4 is 5.97 Å². The summed E-state index contributed by atoms with van der Waals surface area (Å²) in [6.45, 7) is 5.38. The van der Waals surface area contributed by atoms with Gasteiger partial charge in [0.2, 0.25) is 0 Å². The van der Waals surface area contributed by atoms with Gasteiger partial charge < -0.3 is 14.8 Å². The van der Waals surface area contributed by atoms with Crippen LogP contribution < -0.4 is 10.1 Å². The van der Waals surface area contributed by atoms with E-state index in [-0.39, 0.29) is 5.97 Å². The summed E-state index contributed by atoms with van der Waals surface area (Å²) in [6, 6.07) is 16.4. The molecule has 1 heterocycles. The molecule has 0 radical (unpaired) electrons. The molecule has 30 heavy (non-hydrogen) atoms. The minimum Gasteiger partial charge on any atom is -0.493 e. The van der Waals surface area contributed by atoms with E-state index in [1.165, 1.54) is 41.5 Å². The fourth-order valence-corrected chi connectivity index (χ4v) is 4.80. The first-order valence-corrected chi connectivity index (χ1v) is 11.4. The highest BCUT2D eigenvalue weighted by molar-refractivity contribution is 5.69. The average Bonchev–Trinajstić information content (AvgIpc) is 3.41. The normalized spacial score (nSPS) is 21.1. The standard InChI is InChI=1S/C26H33NO3/c1-3-29-26(28)13-6-19-4-7-20(8-5-19)22-9-11-24(17-22)27-18(2)21-10-12-25-23(16-21)14-15-30-25/h4-5,7-8,10,12,16,18,22,24,27H,3,6,9,11,13-15,17H2,1-2H3/t18-,22+,24+/m1/s1.